The number of rotatable bonds is 5. The molecule has 100 valence electrons. The van der Waals surface area contributed by atoms with E-state index in [1.165, 1.54) is 49.7 Å². The smallest absolute Gasteiger partial charge is 0.0340 e. The minimum Gasteiger partial charge on any atom is -0.310 e. The summed E-state index contributed by atoms with van der Waals surface area (Å²) in [5.74, 6) is 0.905. The average Bonchev–Trinajstić information content (AvgIpc) is 2.40. The van der Waals surface area contributed by atoms with Crippen molar-refractivity contribution < 1.29 is 0 Å². The summed E-state index contributed by atoms with van der Waals surface area (Å²) < 4.78 is 0. The molecule has 1 fully saturated rings. The second-order valence-corrected chi connectivity index (χ2v) is 5.58. The molecule has 2 heteroatoms. The van der Waals surface area contributed by atoms with Crippen molar-refractivity contribution in [3.05, 3.63) is 29.6 Å². The Labute approximate surface area is 111 Å². The van der Waals surface area contributed by atoms with Gasteiger partial charge in [-0.25, -0.2) is 0 Å². The molecule has 1 saturated carbocycles. The van der Waals surface area contributed by atoms with E-state index in [-0.39, 0.29) is 0 Å². The van der Waals surface area contributed by atoms with E-state index in [1.54, 1.807) is 0 Å². The molecule has 0 radical (unpaired) electrons. The first kappa shape index (κ1) is 13.5. The van der Waals surface area contributed by atoms with Crippen molar-refractivity contribution in [2.24, 2.45) is 5.92 Å². The van der Waals surface area contributed by atoms with Gasteiger partial charge in [0.2, 0.25) is 0 Å². The zero-order valence-electron chi connectivity index (χ0n) is 11.8. The van der Waals surface area contributed by atoms with Gasteiger partial charge in [0.1, 0.15) is 0 Å². The Morgan fingerprint density at radius 2 is 2.11 bits per heavy atom. The summed E-state index contributed by atoms with van der Waals surface area (Å²) >= 11 is 0. The molecule has 1 atom stereocenters. The Kier molecular flexibility index (Phi) is 5.18. The van der Waals surface area contributed by atoms with Crippen molar-refractivity contribution in [3.63, 3.8) is 0 Å². The first-order valence-electron chi connectivity index (χ1n) is 7.45. The van der Waals surface area contributed by atoms with Gasteiger partial charge in [-0.15, -0.1) is 0 Å². The molecule has 1 N–H and O–H groups in total. The Hall–Kier alpha value is -0.890. The van der Waals surface area contributed by atoms with Gasteiger partial charge >= 0.3 is 0 Å². The first-order valence-corrected chi connectivity index (χ1v) is 7.45. The second kappa shape index (κ2) is 6.89. The maximum Gasteiger partial charge on any atom is 0.0340 e. The largest absolute Gasteiger partial charge is 0.310 e. The summed E-state index contributed by atoms with van der Waals surface area (Å²) in [6.07, 6.45) is 12.3. The van der Waals surface area contributed by atoms with E-state index in [1.807, 2.05) is 12.4 Å². The van der Waals surface area contributed by atoms with Crippen molar-refractivity contribution in [1.82, 2.24) is 10.3 Å². The molecule has 0 bridgehead atoms. The Morgan fingerprint density at radius 3 is 2.78 bits per heavy atom. The Balaban J connectivity index is 2.05. The zero-order valence-corrected chi connectivity index (χ0v) is 11.8. The third kappa shape index (κ3) is 3.55. The van der Waals surface area contributed by atoms with E-state index in [0.717, 1.165) is 12.5 Å². The summed E-state index contributed by atoms with van der Waals surface area (Å²) in [6.45, 7) is 5.42. The fourth-order valence-electron chi connectivity index (χ4n) is 3.16. The molecule has 18 heavy (non-hydrogen) atoms. The van der Waals surface area contributed by atoms with Gasteiger partial charge in [0, 0.05) is 18.4 Å². The third-order valence-electron chi connectivity index (χ3n) is 4.20. The predicted molar refractivity (Wildman–Crippen MR) is 76.6 cm³/mol. The summed E-state index contributed by atoms with van der Waals surface area (Å²) in [5.41, 5.74) is 2.76. The first-order chi connectivity index (χ1) is 8.81. The van der Waals surface area contributed by atoms with Crippen LogP contribution in [0.5, 0.6) is 0 Å². The van der Waals surface area contributed by atoms with Gasteiger partial charge in [-0.05, 0) is 43.0 Å². The normalized spacial score (nSPS) is 18.8. The van der Waals surface area contributed by atoms with Gasteiger partial charge < -0.3 is 5.32 Å². The molecular weight excluding hydrogens is 220 g/mol. The zero-order chi connectivity index (χ0) is 12.8. The number of pyridine rings is 1. The van der Waals surface area contributed by atoms with E-state index in [9.17, 15) is 0 Å². The molecule has 1 unspecified atom stereocenters. The molecule has 0 aromatic carbocycles. The molecule has 1 aliphatic rings. The standard InChI is InChI=1S/C16H26N2/c1-3-18-16(11-14-7-5-4-6-8-14)15-12-17-10-9-13(15)2/h9-10,12,14,16,18H,3-8,11H2,1-2H3. The van der Waals surface area contributed by atoms with E-state index >= 15 is 0 Å². The average molecular weight is 246 g/mol. The van der Waals surface area contributed by atoms with E-state index in [0.29, 0.717) is 6.04 Å². The molecule has 1 aromatic heterocycles. The van der Waals surface area contributed by atoms with Crippen LogP contribution in [0.15, 0.2) is 18.5 Å². The highest BCUT2D eigenvalue weighted by Gasteiger charge is 2.20. The number of hydrogen-bond donors (Lipinski definition) is 1. The van der Waals surface area contributed by atoms with Crippen LogP contribution in [0.25, 0.3) is 0 Å². The molecule has 0 amide bonds. The lowest BCUT2D eigenvalue weighted by Crippen LogP contribution is -2.25. The number of aromatic nitrogens is 1. The SMILES string of the molecule is CCNC(CC1CCCCC1)c1cnccc1C. The highest BCUT2D eigenvalue weighted by atomic mass is 14.9. The number of nitrogens with zero attached hydrogens (tertiary/aromatic N) is 1. The van der Waals surface area contributed by atoms with Crippen molar-refractivity contribution in [2.75, 3.05) is 6.54 Å². The van der Waals surface area contributed by atoms with Crippen LogP contribution in [-0.4, -0.2) is 11.5 Å². The van der Waals surface area contributed by atoms with Gasteiger partial charge in [0.15, 0.2) is 0 Å². The summed E-state index contributed by atoms with van der Waals surface area (Å²) in [5, 5.41) is 3.65. The fraction of sp³-hybridized carbons (Fsp3) is 0.688. The second-order valence-electron chi connectivity index (χ2n) is 5.58. The summed E-state index contributed by atoms with van der Waals surface area (Å²) in [4.78, 5) is 4.30. The topological polar surface area (TPSA) is 24.9 Å². The molecule has 2 nitrogen and oxygen atoms in total. The number of nitrogens with one attached hydrogen (secondary N) is 1. The van der Waals surface area contributed by atoms with E-state index < -0.39 is 0 Å². The highest BCUT2D eigenvalue weighted by molar-refractivity contribution is 5.25. The van der Waals surface area contributed by atoms with Gasteiger partial charge in [0.25, 0.3) is 0 Å². The lowest BCUT2D eigenvalue weighted by atomic mass is 9.83. The van der Waals surface area contributed by atoms with Gasteiger partial charge in [0.05, 0.1) is 0 Å². The maximum absolute atomic E-state index is 4.30. The molecule has 1 aliphatic carbocycles. The number of hydrogen-bond acceptors (Lipinski definition) is 2. The van der Waals surface area contributed by atoms with Crippen LogP contribution in [0.2, 0.25) is 0 Å². The molecule has 1 aromatic rings. The van der Waals surface area contributed by atoms with Crippen molar-refractivity contribution >= 4 is 0 Å². The van der Waals surface area contributed by atoms with Gasteiger partial charge in [-0.1, -0.05) is 39.0 Å². The van der Waals surface area contributed by atoms with Gasteiger partial charge in [-0.3, -0.25) is 4.98 Å². The maximum atomic E-state index is 4.30. The van der Waals surface area contributed by atoms with Crippen molar-refractivity contribution in [3.8, 4) is 0 Å². The van der Waals surface area contributed by atoms with Crippen molar-refractivity contribution in [2.45, 2.75) is 58.4 Å². The molecule has 0 aliphatic heterocycles. The quantitative estimate of drug-likeness (QED) is 0.849. The fourth-order valence-corrected chi connectivity index (χ4v) is 3.16. The predicted octanol–water partition coefficient (Wildman–Crippen LogP) is 4.01. The lowest BCUT2D eigenvalue weighted by molar-refractivity contribution is 0.301. The van der Waals surface area contributed by atoms with Crippen molar-refractivity contribution in [1.29, 1.82) is 0 Å². The van der Waals surface area contributed by atoms with Crippen LogP contribution >= 0.6 is 0 Å². The monoisotopic (exact) mass is 246 g/mol. The molecule has 0 spiro atoms. The minimum absolute atomic E-state index is 0.492. The van der Waals surface area contributed by atoms with E-state index in [4.69, 9.17) is 0 Å². The van der Waals surface area contributed by atoms with Crippen LogP contribution in [0.3, 0.4) is 0 Å². The molecule has 2 rings (SSSR count). The molecular formula is C16H26N2. The van der Waals surface area contributed by atoms with Crippen LogP contribution < -0.4 is 5.32 Å². The van der Waals surface area contributed by atoms with Crippen LogP contribution in [0.4, 0.5) is 0 Å². The van der Waals surface area contributed by atoms with Gasteiger partial charge in [-0.2, -0.15) is 0 Å². The molecule has 1 heterocycles. The van der Waals surface area contributed by atoms with Crippen LogP contribution in [0, 0.1) is 12.8 Å². The molecule has 0 saturated heterocycles. The van der Waals surface area contributed by atoms with Crippen LogP contribution in [0.1, 0.15) is 62.6 Å². The van der Waals surface area contributed by atoms with Crippen LogP contribution in [-0.2, 0) is 0 Å². The lowest BCUT2D eigenvalue weighted by Gasteiger charge is -2.28. The summed E-state index contributed by atoms with van der Waals surface area (Å²) in [6, 6.07) is 2.62. The van der Waals surface area contributed by atoms with E-state index in [2.05, 4.69) is 30.2 Å². The summed E-state index contributed by atoms with van der Waals surface area (Å²) in [7, 11) is 0. The Bertz CT molecular complexity index is 356. The Morgan fingerprint density at radius 1 is 1.33 bits per heavy atom. The minimum atomic E-state index is 0.492. The highest BCUT2D eigenvalue weighted by Crippen LogP contribution is 2.32. The number of aryl methyl sites for hydroxylation is 1. The third-order valence-corrected chi connectivity index (χ3v) is 4.20.